The molecule has 2 aromatic carbocycles. The third kappa shape index (κ3) is 4.42. The third-order valence-electron chi connectivity index (χ3n) is 3.46. The quantitative estimate of drug-likeness (QED) is 0.821. The molecule has 0 saturated heterocycles. The maximum Gasteiger partial charge on any atom is 0.258 e. The maximum absolute atomic E-state index is 12.9. The van der Waals surface area contributed by atoms with Crippen molar-refractivity contribution in [3.63, 3.8) is 0 Å². The van der Waals surface area contributed by atoms with Gasteiger partial charge in [0.1, 0.15) is 0 Å². The number of anilines is 1. The fourth-order valence-electron chi connectivity index (χ4n) is 2.33. The van der Waals surface area contributed by atoms with Gasteiger partial charge >= 0.3 is 0 Å². The Morgan fingerprint density at radius 2 is 1.88 bits per heavy atom. The van der Waals surface area contributed by atoms with Gasteiger partial charge in [-0.05, 0) is 31.2 Å². The van der Waals surface area contributed by atoms with Crippen molar-refractivity contribution in [3.8, 4) is 11.5 Å². The minimum Gasteiger partial charge on any atom is -0.493 e. The van der Waals surface area contributed by atoms with Gasteiger partial charge in [0.2, 0.25) is 0 Å². The highest BCUT2D eigenvalue weighted by atomic mass is 35.5. The lowest BCUT2D eigenvalue weighted by atomic mass is 10.1. The fourth-order valence-corrected chi connectivity index (χ4v) is 2.60. The summed E-state index contributed by atoms with van der Waals surface area (Å²) < 4.78 is 10.5. The minimum absolute atomic E-state index is 0.160. The maximum atomic E-state index is 12.9. The number of nitrogens with two attached hydrogens (primary N) is 1. The van der Waals surface area contributed by atoms with Crippen LogP contribution in [-0.2, 0) is 4.79 Å². The SMILES string of the molecule is CCN(C(=O)c1cc(Cl)c(OCC(N)=O)c(OC)c1)c1ccccc1. The summed E-state index contributed by atoms with van der Waals surface area (Å²) in [6.07, 6.45) is 0. The van der Waals surface area contributed by atoms with Gasteiger partial charge in [-0.2, -0.15) is 0 Å². The number of methoxy groups -OCH3 is 1. The molecule has 2 rings (SSSR count). The normalized spacial score (nSPS) is 10.2. The van der Waals surface area contributed by atoms with Crippen molar-refractivity contribution in [1.82, 2.24) is 0 Å². The number of halogens is 1. The van der Waals surface area contributed by atoms with Crippen molar-refractivity contribution in [2.24, 2.45) is 5.73 Å². The van der Waals surface area contributed by atoms with Crippen LogP contribution in [0.25, 0.3) is 0 Å². The molecular weight excluding hydrogens is 344 g/mol. The van der Waals surface area contributed by atoms with Gasteiger partial charge in [0.25, 0.3) is 11.8 Å². The number of rotatable bonds is 7. The monoisotopic (exact) mass is 362 g/mol. The first kappa shape index (κ1) is 18.6. The van der Waals surface area contributed by atoms with Gasteiger partial charge in [-0.1, -0.05) is 29.8 Å². The van der Waals surface area contributed by atoms with Crippen molar-refractivity contribution in [1.29, 1.82) is 0 Å². The van der Waals surface area contributed by atoms with E-state index < -0.39 is 5.91 Å². The fraction of sp³-hybridized carbons (Fsp3) is 0.222. The second-order valence-corrected chi connectivity index (χ2v) is 5.54. The van der Waals surface area contributed by atoms with E-state index in [1.54, 1.807) is 4.90 Å². The van der Waals surface area contributed by atoms with E-state index >= 15 is 0 Å². The van der Waals surface area contributed by atoms with Gasteiger partial charge in [0.15, 0.2) is 18.1 Å². The van der Waals surface area contributed by atoms with Crippen molar-refractivity contribution in [3.05, 3.63) is 53.1 Å². The summed E-state index contributed by atoms with van der Waals surface area (Å²) >= 11 is 6.21. The number of carbonyl (C=O) groups is 2. The third-order valence-corrected chi connectivity index (χ3v) is 3.75. The summed E-state index contributed by atoms with van der Waals surface area (Å²) in [6.45, 7) is 2.03. The lowest BCUT2D eigenvalue weighted by molar-refractivity contribution is -0.119. The molecular formula is C18H19ClN2O4. The number of ether oxygens (including phenoxy) is 2. The molecule has 2 N–H and O–H groups in total. The average molecular weight is 363 g/mol. The molecule has 2 amide bonds. The Bertz CT molecular complexity index is 765. The summed E-state index contributed by atoms with van der Waals surface area (Å²) in [5.74, 6) is -0.446. The summed E-state index contributed by atoms with van der Waals surface area (Å²) in [5.41, 5.74) is 6.20. The summed E-state index contributed by atoms with van der Waals surface area (Å²) in [7, 11) is 1.42. The topological polar surface area (TPSA) is 81.9 Å². The molecule has 6 nitrogen and oxygen atoms in total. The Labute approximate surface area is 151 Å². The molecule has 0 atom stereocenters. The van der Waals surface area contributed by atoms with Crippen molar-refractivity contribution >= 4 is 29.1 Å². The van der Waals surface area contributed by atoms with Gasteiger partial charge in [-0.25, -0.2) is 0 Å². The number of benzene rings is 2. The number of hydrogen-bond donors (Lipinski definition) is 1. The highest BCUT2D eigenvalue weighted by Crippen LogP contribution is 2.37. The second kappa shape index (κ2) is 8.39. The lowest BCUT2D eigenvalue weighted by Gasteiger charge is -2.22. The molecule has 0 aliphatic rings. The molecule has 0 heterocycles. The van der Waals surface area contributed by atoms with Crippen LogP contribution in [0.3, 0.4) is 0 Å². The molecule has 0 aliphatic carbocycles. The molecule has 2 aromatic rings. The number of primary amides is 1. The average Bonchev–Trinajstić information content (AvgIpc) is 2.61. The standard InChI is InChI=1S/C18H19ClN2O4/c1-3-21(13-7-5-4-6-8-13)18(23)12-9-14(19)17(15(10-12)24-2)25-11-16(20)22/h4-10H,3,11H2,1-2H3,(H2,20,22). The highest BCUT2D eigenvalue weighted by Gasteiger charge is 2.21. The summed E-state index contributed by atoms with van der Waals surface area (Å²) in [4.78, 5) is 25.4. The Morgan fingerprint density at radius 1 is 1.20 bits per heavy atom. The molecule has 0 radical (unpaired) electrons. The molecule has 7 heteroatoms. The van der Waals surface area contributed by atoms with Crippen LogP contribution in [0.2, 0.25) is 5.02 Å². The van der Waals surface area contributed by atoms with E-state index in [9.17, 15) is 9.59 Å². The van der Waals surface area contributed by atoms with Crippen LogP contribution in [0.4, 0.5) is 5.69 Å². The largest absolute Gasteiger partial charge is 0.493 e. The van der Waals surface area contributed by atoms with Crippen molar-refractivity contribution < 1.29 is 19.1 Å². The molecule has 0 aromatic heterocycles. The molecule has 132 valence electrons. The zero-order chi connectivity index (χ0) is 18.4. The molecule has 0 fully saturated rings. The molecule has 0 unspecified atom stereocenters. The molecule has 25 heavy (non-hydrogen) atoms. The van der Waals surface area contributed by atoms with Gasteiger partial charge in [-0.15, -0.1) is 0 Å². The van der Waals surface area contributed by atoms with E-state index in [4.69, 9.17) is 26.8 Å². The van der Waals surface area contributed by atoms with E-state index in [0.717, 1.165) is 5.69 Å². The number of nitrogens with zero attached hydrogens (tertiary/aromatic N) is 1. The summed E-state index contributed by atoms with van der Waals surface area (Å²) in [5, 5.41) is 0.160. The highest BCUT2D eigenvalue weighted by molar-refractivity contribution is 6.32. The van der Waals surface area contributed by atoms with Crippen LogP contribution in [0.1, 0.15) is 17.3 Å². The van der Waals surface area contributed by atoms with Crippen LogP contribution < -0.4 is 20.1 Å². The van der Waals surface area contributed by atoms with E-state index in [1.165, 1.54) is 19.2 Å². The van der Waals surface area contributed by atoms with Crippen LogP contribution in [0, 0.1) is 0 Å². The van der Waals surface area contributed by atoms with Crippen molar-refractivity contribution in [2.45, 2.75) is 6.92 Å². The first-order chi connectivity index (χ1) is 12.0. The van der Waals surface area contributed by atoms with E-state index in [1.807, 2.05) is 37.3 Å². The number of amides is 2. The van der Waals surface area contributed by atoms with Crippen LogP contribution >= 0.6 is 11.6 Å². The van der Waals surface area contributed by atoms with E-state index in [-0.39, 0.29) is 29.0 Å². The molecule has 0 spiro atoms. The zero-order valence-electron chi connectivity index (χ0n) is 14.0. The van der Waals surface area contributed by atoms with Gasteiger partial charge in [0, 0.05) is 17.8 Å². The van der Waals surface area contributed by atoms with Crippen LogP contribution in [0.5, 0.6) is 11.5 Å². The zero-order valence-corrected chi connectivity index (χ0v) is 14.7. The van der Waals surface area contributed by atoms with Gasteiger partial charge in [0.05, 0.1) is 12.1 Å². The Hall–Kier alpha value is -2.73. The number of hydrogen-bond acceptors (Lipinski definition) is 4. The first-order valence-electron chi connectivity index (χ1n) is 7.63. The molecule has 0 bridgehead atoms. The van der Waals surface area contributed by atoms with Crippen LogP contribution in [0.15, 0.2) is 42.5 Å². The number of para-hydroxylation sites is 1. The van der Waals surface area contributed by atoms with Crippen molar-refractivity contribution in [2.75, 3.05) is 25.2 Å². The molecule has 0 saturated carbocycles. The first-order valence-corrected chi connectivity index (χ1v) is 8.01. The Balaban J connectivity index is 2.36. The van der Waals surface area contributed by atoms with E-state index in [0.29, 0.717) is 12.1 Å². The van der Waals surface area contributed by atoms with Gasteiger partial charge < -0.3 is 20.1 Å². The van der Waals surface area contributed by atoms with Crippen LogP contribution in [-0.4, -0.2) is 32.1 Å². The minimum atomic E-state index is -0.639. The molecule has 0 aliphatic heterocycles. The predicted octanol–water partition coefficient (Wildman–Crippen LogP) is 2.88. The lowest BCUT2D eigenvalue weighted by Crippen LogP contribution is -2.30. The Morgan fingerprint density at radius 3 is 2.44 bits per heavy atom. The predicted molar refractivity (Wildman–Crippen MR) is 96.5 cm³/mol. The summed E-state index contributed by atoms with van der Waals surface area (Å²) in [6, 6.07) is 12.3. The smallest absolute Gasteiger partial charge is 0.258 e. The second-order valence-electron chi connectivity index (χ2n) is 5.13. The Kier molecular flexibility index (Phi) is 6.25. The van der Waals surface area contributed by atoms with E-state index in [2.05, 4.69) is 0 Å². The van der Waals surface area contributed by atoms with Gasteiger partial charge in [-0.3, -0.25) is 9.59 Å². The number of carbonyl (C=O) groups excluding carboxylic acids is 2.